The predicted octanol–water partition coefficient (Wildman–Crippen LogP) is 5.52. The fourth-order valence-corrected chi connectivity index (χ4v) is 3.78. The normalized spacial score (nSPS) is 10.9. The van der Waals surface area contributed by atoms with Crippen molar-refractivity contribution in [2.45, 2.75) is 13.8 Å². The van der Waals surface area contributed by atoms with Gasteiger partial charge in [-0.25, -0.2) is 4.98 Å². The highest BCUT2D eigenvalue weighted by molar-refractivity contribution is 6.30. The van der Waals surface area contributed by atoms with Crippen molar-refractivity contribution < 1.29 is 14.0 Å². The fourth-order valence-electron chi connectivity index (χ4n) is 3.59. The molecule has 2 aromatic heterocycles. The Hall–Kier alpha value is -3.84. The van der Waals surface area contributed by atoms with Gasteiger partial charge in [-0.2, -0.15) is 0 Å². The van der Waals surface area contributed by atoms with Crippen LogP contribution in [-0.4, -0.2) is 39.4 Å². The van der Waals surface area contributed by atoms with Crippen LogP contribution in [0.1, 0.15) is 24.4 Å². The summed E-state index contributed by atoms with van der Waals surface area (Å²) < 4.78 is 7.02. The zero-order valence-electron chi connectivity index (χ0n) is 18.9. The number of nitrogens with zero attached hydrogens (tertiary/aromatic N) is 3. The molecule has 0 aliphatic heterocycles. The number of halogens is 1. The molecule has 0 bridgehead atoms. The molecule has 1 N–H and O–H groups in total. The number of anilines is 1. The van der Waals surface area contributed by atoms with Gasteiger partial charge in [-0.1, -0.05) is 61.8 Å². The van der Waals surface area contributed by atoms with Gasteiger partial charge in [-0.05, 0) is 36.2 Å². The molecule has 0 spiro atoms. The van der Waals surface area contributed by atoms with Crippen LogP contribution in [0, 0.1) is 5.92 Å². The summed E-state index contributed by atoms with van der Waals surface area (Å²) in [7, 11) is 0. The second-order valence-corrected chi connectivity index (χ2v) is 8.71. The number of benzene rings is 2. The Morgan fingerprint density at radius 3 is 2.56 bits per heavy atom. The van der Waals surface area contributed by atoms with Gasteiger partial charge in [0.1, 0.15) is 6.54 Å². The van der Waals surface area contributed by atoms with E-state index in [-0.39, 0.29) is 30.0 Å². The van der Waals surface area contributed by atoms with Crippen molar-refractivity contribution in [2.75, 3.05) is 18.4 Å². The molecule has 0 radical (unpaired) electrons. The Bertz CT molecular complexity index is 1270. The van der Waals surface area contributed by atoms with Crippen molar-refractivity contribution in [1.82, 2.24) is 14.5 Å². The van der Waals surface area contributed by atoms with E-state index in [0.29, 0.717) is 23.2 Å². The summed E-state index contributed by atoms with van der Waals surface area (Å²) in [5, 5.41) is 3.43. The number of hydrogen-bond acceptors (Lipinski definition) is 4. The number of furan rings is 1. The first-order valence-electron chi connectivity index (χ1n) is 10.9. The van der Waals surface area contributed by atoms with Gasteiger partial charge in [0.25, 0.3) is 5.91 Å². The third-order valence-electron chi connectivity index (χ3n) is 5.05. The van der Waals surface area contributed by atoms with Crippen LogP contribution >= 0.6 is 11.6 Å². The maximum Gasteiger partial charge on any atom is 0.290 e. The summed E-state index contributed by atoms with van der Waals surface area (Å²) in [6, 6.07) is 20.2. The number of carbonyl (C=O) groups excluding carboxylic acids is 2. The Morgan fingerprint density at radius 1 is 1.09 bits per heavy atom. The number of rotatable bonds is 8. The van der Waals surface area contributed by atoms with E-state index in [2.05, 4.69) is 10.3 Å². The SMILES string of the molecule is CC(C)CN(CC(=O)Nc1nc(-c2ccccc2)cn1-c1cccc(Cl)c1)C(=O)c1ccco1. The standard InChI is InChI=1S/C26H25ClN4O3/c1-18(2)15-30(25(33)23-12-7-13-34-23)17-24(32)29-26-28-22(19-8-4-3-5-9-19)16-31(26)21-11-6-10-20(27)14-21/h3-14,16,18H,15,17H2,1-2H3,(H,28,29,32). The van der Waals surface area contributed by atoms with Crippen molar-refractivity contribution in [3.05, 3.63) is 90.0 Å². The first kappa shape index (κ1) is 23.3. The molecule has 4 rings (SSSR count). The van der Waals surface area contributed by atoms with Crippen LogP contribution in [0.5, 0.6) is 0 Å². The minimum atomic E-state index is -0.367. The summed E-state index contributed by atoms with van der Waals surface area (Å²) in [6.45, 7) is 4.24. The Morgan fingerprint density at radius 2 is 1.88 bits per heavy atom. The van der Waals surface area contributed by atoms with Crippen LogP contribution in [0.2, 0.25) is 5.02 Å². The van der Waals surface area contributed by atoms with Crippen LogP contribution in [0.3, 0.4) is 0 Å². The molecule has 0 saturated carbocycles. The van der Waals surface area contributed by atoms with Crippen molar-refractivity contribution in [3.63, 3.8) is 0 Å². The monoisotopic (exact) mass is 476 g/mol. The smallest absolute Gasteiger partial charge is 0.290 e. The number of hydrogen-bond donors (Lipinski definition) is 1. The van der Waals surface area contributed by atoms with E-state index >= 15 is 0 Å². The number of aromatic nitrogens is 2. The van der Waals surface area contributed by atoms with E-state index in [1.807, 2.05) is 62.5 Å². The molecular weight excluding hydrogens is 452 g/mol. The van der Waals surface area contributed by atoms with Crippen molar-refractivity contribution >= 4 is 29.4 Å². The number of imidazole rings is 1. The van der Waals surface area contributed by atoms with Crippen molar-refractivity contribution in [2.24, 2.45) is 5.92 Å². The van der Waals surface area contributed by atoms with Crippen molar-refractivity contribution in [1.29, 1.82) is 0 Å². The molecule has 0 aliphatic carbocycles. The molecule has 0 saturated heterocycles. The summed E-state index contributed by atoms with van der Waals surface area (Å²) in [5.74, 6) is -0.00259. The lowest BCUT2D eigenvalue weighted by Gasteiger charge is -2.23. The molecule has 4 aromatic rings. The zero-order chi connectivity index (χ0) is 24.1. The quantitative estimate of drug-likeness (QED) is 0.363. The zero-order valence-corrected chi connectivity index (χ0v) is 19.7. The lowest BCUT2D eigenvalue weighted by molar-refractivity contribution is -0.117. The van der Waals surface area contributed by atoms with Gasteiger partial charge in [0.15, 0.2) is 5.76 Å². The highest BCUT2D eigenvalue weighted by atomic mass is 35.5. The summed E-state index contributed by atoms with van der Waals surface area (Å²) in [4.78, 5) is 32.1. The van der Waals surface area contributed by atoms with Gasteiger partial charge in [-0.15, -0.1) is 0 Å². The van der Waals surface area contributed by atoms with Crippen LogP contribution in [0.4, 0.5) is 5.95 Å². The molecule has 8 heteroatoms. The summed E-state index contributed by atoms with van der Waals surface area (Å²) in [5.41, 5.74) is 2.36. The van der Waals surface area contributed by atoms with Gasteiger partial charge in [0, 0.05) is 29.0 Å². The second-order valence-electron chi connectivity index (χ2n) is 8.27. The van der Waals surface area contributed by atoms with Crippen molar-refractivity contribution in [3.8, 4) is 16.9 Å². The second kappa shape index (κ2) is 10.4. The van der Waals surface area contributed by atoms with E-state index in [1.54, 1.807) is 28.8 Å². The third-order valence-corrected chi connectivity index (χ3v) is 5.29. The molecule has 2 aromatic carbocycles. The van der Waals surface area contributed by atoms with E-state index in [1.165, 1.54) is 11.2 Å². The molecule has 0 aliphatic rings. The fraction of sp³-hybridized carbons (Fsp3) is 0.192. The molecule has 34 heavy (non-hydrogen) atoms. The average molecular weight is 477 g/mol. The van der Waals surface area contributed by atoms with E-state index in [4.69, 9.17) is 16.0 Å². The molecule has 0 atom stereocenters. The maximum absolute atomic E-state index is 13.1. The minimum Gasteiger partial charge on any atom is -0.459 e. The van der Waals surface area contributed by atoms with Gasteiger partial charge in [0.05, 0.1) is 12.0 Å². The van der Waals surface area contributed by atoms with Crippen LogP contribution in [0.25, 0.3) is 16.9 Å². The molecular formula is C26H25ClN4O3. The Labute approximate surface area is 203 Å². The highest BCUT2D eigenvalue weighted by Gasteiger charge is 2.23. The first-order chi connectivity index (χ1) is 16.4. The lowest BCUT2D eigenvalue weighted by Crippen LogP contribution is -2.40. The molecule has 2 heterocycles. The van der Waals surface area contributed by atoms with Crippen LogP contribution in [0.15, 0.2) is 83.6 Å². The van der Waals surface area contributed by atoms with Gasteiger partial charge in [0.2, 0.25) is 11.9 Å². The topological polar surface area (TPSA) is 80.4 Å². The minimum absolute atomic E-state index is 0.138. The number of nitrogens with one attached hydrogen (secondary N) is 1. The third kappa shape index (κ3) is 5.55. The lowest BCUT2D eigenvalue weighted by atomic mass is 10.2. The highest BCUT2D eigenvalue weighted by Crippen LogP contribution is 2.25. The van der Waals surface area contributed by atoms with Gasteiger partial charge in [-0.3, -0.25) is 19.5 Å². The Kier molecular flexibility index (Phi) is 7.13. The number of amides is 2. The van der Waals surface area contributed by atoms with Crippen LogP contribution in [-0.2, 0) is 4.79 Å². The number of carbonyl (C=O) groups is 2. The molecule has 7 nitrogen and oxygen atoms in total. The van der Waals surface area contributed by atoms with E-state index in [9.17, 15) is 9.59 Å². The first-order valence-corrected chi connectivity index (χ1v) is 11.3. The molecule has 0 unspecified atom stereocenters. The summed E-state index contributed by atoms with van der Waals surface area (Å²) >= 11 is 6.20. The largest absolute Gasteiger partial charge is 0.459 e. The Balaban J connectivity index is 1.61. The van der Waals surface area contributed by atoms with Crippen LogP contribution < -0.4 is 5.32 Å². The maximum atomic E-state index is 13.1. The molecule has 174 valence electrons. The van der Waals surface area contributed by atoms with E-state index < -0.39 is 0 Å². The molecule has 0 fully saturated rings. The van der Waals surface area contributed by atoms with Gasteiger partial charge >= 0.3 is 0 Å². The average Bonchev–Trinajstić information content (AvgIpc) is 3.49. The summed E-state index contributed by atoms with van der Waals surface area (Å²) in [6.07, 6.45) is 3.28. The van der Waals surface area contributed by atoms with E-state index in [0.717, 1.165) is 11.3 Å². The molecule has 2 amide bonds. The predicted molar refractivity (Wildman–Crippen MR) is 132 cm³/mol. The van der Waals surface area contributed by atoms with Gasteiger partial charge < -0.3 is 9.32 Å².